The molecule has 1 fully saturated rings. The number of hydrogen-bond donors (Lipinski definition) is 5. The molecule has 1 aromatic heterocycles. The zero-order valence-electron chi connectivity index (χ0n) is 16.9. The maximum absolute atomic E-state index is 12.9. The van der Waals surface area contributed by atoms with Crippen LogP contribution in [0.1, 0.15) is 26.2 Å². The van der Waals surface area contributed by atoms with E-state index in [0.717, 1.165) is 0 Å². The number of hydrogen-bond acceptors (Lipinski definition) is 10. The molecule has 0 saturated carbocycles. The maximum atomic E-state index is 12.9. The Morgan fingerprint density at radius 1 is 1.29 bits per heavy atom. The van der Waals surface area contributed by atoms with Gasteiger partial charge in [-0.25, -0.2) is 26.7 Å². The highest BCUT2D eigenvalue weighted by Crippen LogP contribution is 2.39. The minimum atomic E-state index is -4.54. The number of aliphatic hydroxyl groups excluding tert-OH is 1. The van der Waals surface area contributed by atoms with Crippen molar-refractivity contribution in [3.8, 4) is 11.4 Å². The van der Waals surface area contributed by atoms with Crippen molar-refractivity contribution in [2.45, 2.75) is 48.1 Å². The molecule has 15 heteroatoms. The molecule has 172 valence electrons. The standard InChI is InChI=1S/C16H26N8O5S2/c1-2-11(25)9-19-31(28,29)13-4-3-12(24-7-5-10(17)6-8-24)14(15(13)30(18,26)27)16-20-22-23-21-16/h3-4,10-11,19,25H,2,5-9,17H2,1H3,(H2,18,26,27)(H,20,21,22,23). The van der Waals surface area contributed by atoms with E-state index in [2.05, 4.69) is 25.3 Å². The van der Waals surface area contributed by atoms with Crippen molar-refractivity contribution in [3.63, 3.8) is 0 Å². The highest BCUT2D eigenvalue weighted by Gasteiger charge is 2.33. The number of sulfonamides is 2. The Balaban J connectivity index is 2.21. The number of tetrazole rings is 1. The van der Waals surface area contributed by atoms with Gasteiger partial charge in [-0.1, -0.05) is 6.92 Å². The molecule has 13 nitrogen and oxygen atoms in total. The van der Waals surface area contributed by atoms with Crippen molar-refractivity contribution >= 4 is 25.7 Å². The van der Waals surface area contributed by atoms with Crippen LogP contribution in [0.5, 0.6) is 0 Å². The van der Waals surface area contributed by atoms with Crippen LogP contribution < -0.4 is 20.5 Å². The van der Waals surface area contributed by atoms with Gasteiger partial charge in [0.25, 0.3) is 0 Å². The number of rotatable bonds is 8. The first-order valence-electron chi connectivity index (χ1n) is 9.66. The van der Waals surface area contributed by atoms with E-state index < -0.39 is 35.9 Å². The Morgan fingerprint density at radius 2 is 1.97 bits per heavy atom. The first-order valence-corrected chi connectivity index (χ1v) is 12.7. The van der Waals surface area contributed by atoms with Crippen LogP contribution in [-0.4, -0.2) is 74.3 Å². The van der Waals surface area contributed by atoms with E-state index in [-0.39, 0.29) is 24.0 Å². The number of nitrogens with one attached hydrogen (secondary N) is 2. The van der Waals surface area contributed by atoms with E-state index in [1.807, 2.05) is 4.90 Å². The number of aromatic amines is 1. The second-order valence-corrected chi connectivity index (χ2v) is 10.5. The maximum Gasteiger partial charge on any atom is 0.242 e. The van der Waals surface area contributed by atoms with Crippen molar-refractivity contribution < 1.29 is 21.9 Å². The summed E-state index contributed by atoms with van der Waals surface area (Å²) in [7, 11) is -8.89. The molecule has 1 aliphatic rings. The number of aliphatic hydroxyl groups is 1. The second-order valence-electron chi connectivity index (χ2n) is 7.31. The number of primary sulfonamides is 1. The second kappa shape index (κ2) is 9.13. The van der Waals surface area contributed by atoms with Crippen LogP contribution in [0.15, 0.2) is 21.9 Å². The molecule has 2 aromatic rings. The van der Waals surface area contributed by atoms with Gasteiger partial charge in [-0.15, -0.1) is 10.2 Å². The monoisotopic (exact) mass is 474 g/mol. The summed E-state index contributed by atoms with van der Waals surface area (Å²) in [5.41, 5.74) is 6.31. The van der Waals surface area contributed by atoms with Gasteiger partial charge in [0.15, 0.2) is 0 Å². The first-order chi connectivity index (χ1) is 14.5. The summed E-state index contributed by atoms with van der Waals surface area (Å²) >= 11 is 0. The van der Waals surface area contributed by atoms with Crippen molar-refractivity contribution in [3.05, 3.63) is 12.1 Å². The van der Waals surface area contributed by atoms with Gasteiger partial charge in [-0.2, -0.15) is 5.21 Å². The van der Waals surface area contributed by atoms with E-state index in [1.54, 1.807) is 6.92 Å². The van der Waals surface area contributed by atoms with E-state index in [4.69, 9.17) is 10.9 Å². The van der Waals surface area contributed by atoms with Crippen molar-refractivity contribution in [1.82, 2.24) is 25.3 Å². The fraction of sp³-hybridized carbons (Fsp3) is 0.562. The molecule has 0 amide bonds. The van der Waals surface area contributed by atoms with Crippen LogP contribution in [0, 0.1) is 0 Å². The molecule has 7 N–H and O–H groups in total. The number of anilines is 1. The van der Waals surface area contributed by atoms with Crippen LogP contribution in [0.2, 0.25) is 0 Å². The van der Waals surface area contributed by atoms with E-state index in [1.165, 1.54) is 12.1 Å². The zero-order valence-corrected chi connectivity index (χ0v) is 18.5. The van der Waals surface area contributed by atoms with Gasteiger partial charge in [0.05, 0.1) is 11.7 Å². The average molecular weight is 475 g/mol. The summed E-state index contributed by atoms with van der Waals surface area (Å²) in [5, 5.41) is 28.6. The molecular weight excluding hydrogens is 448 g/mol. The van der Waals surface area contributed by atoms with E-state index in [0.29, 0.717) is 38.0 Å². The fourth-order valence-electron chi connectivity index (χ4n) is 3.36. The molecule has 1 atom stereocenters. The fourth-order valence-corrected chi connectivity index (χ4v) is 6.03. The third-order valence-corrected chi connectivity index (χ3v) is 7.69. The topological polar surface area (TPSA) is 210 Å². The van der Waals surface area contributed by atoms with Crippen molar-refractivity contribution in [2.75, 3.05) is 24.5 Å². The molecule has 1 saturated heterocycles. The lowest BCUT2D eigenvalue weighted by molar-refractivity contribution is 0.174. The molecule has 1 aliphatic heterocycles. The van der Waals surface area contributed by atoms with Gasteiger partial charge < -0.3 is 15.7 Å². The lowest BCUT2D eigenvalue weighted by Gasteiger charge is -2.33. The predicted molar refractivity (Wildman–Crippen MR) is 112 cm³/mol. The molecule has 0 spiro atoms. The Hall–Kier alpha value is -2.17. The SMILES string of the molecule is CCC(O)CNS(=O)(=O)c1ccc(N2CCC(N)CC2)c(-c2nn[nH]n2)c1S(N)(=O)=O. The summed E-state index contributed by atoms with van der Waals surface area (Å²) in [5.74, 6) is -0.112. The third-order valence-electron chi connectivity index (χ3n) is 5.10. The number of H-pyrrole nitrogens is 1. The predicted octanol–water partition coefficient (Wildman–Crippen LogP) is -1.51. The van der Waals surface area contributed by atoms with Crippen molar-refractivity contribution in [1.29, 1.82) is 0 Å². The lowest BCUT2D eigenvalue weighted by Crippen LogP contribution is -2.40. The third kappa shape index (κ3) is 5.19. The number of aromatic nitrogens is 4. The highest BCUT2D eigenvalue weighted by atomic mass is 32.2. The van der Waals surface area contributed by atoms with Crippen LogP contribution >= 0.6 is 0 Å². The summed E-state index contributed by atoms with van der Waals surface area (Å²) in [4.78, 5) is 0.685. The number of nitrogens with two attached hydrogens (primary N) is 2. The first kappa shape index (κ1) is 23.5. The Kier molecular flexibility index (Phi) is 6.92. The largest absolute Gasteiger partial charge is 0.392 e. The molecule has 1 unspecified atom stereocenters. The summed E-state index contributed by atoms with van der Waals surface area (Å²) in [6, 6.07) is 2.69. The van der Waals surface area contributed by atoms with Crippen LogP contribution in [0.25, 0.3) is 11.4 Å². The molecule has 2 heterocycles. The van der Waals surface area contributed by atoms with Crippen LogP contribution in [0.4, 0.5) is 5.69 Å². The average Bonchev–Trinajstić information content (AvgIpc) is 3.25. The quantitative estimate of drug-likeness (QED) is 0.298. The molecule has 1 aromatic carbocycles. The van der Waals surface area contributed by atoms with Crippen molar-refractivity contribution in [2.24, 2.45) is 10.9 Å². The van der Waals surface area contributed by atoms with Gasteiger partial charge in [-0.05, 0) is 36.6 Å². The molecular formula is C16H26N8O5S2. The van der Waals surface area contributed by atoms with Gasteiger partial charge >= 0.3 is 0 Å². The molecule has 3 rings (SSSR count). The number of benzene rings is 1. The van der Waals surface area contributed by atoms with Gasteiger partial charge in [0.2, 0.25) is 25.9 Å². The Labute approximate surface area is 180 Å². The van der Waals surface area contributed by atoms with Gasteiger partial charge in [-0.3, -0.25) is 0 Å². The number of nitrogens with zero attached hydrogens (tertiary/aromatic N) is 4. The zero-order chi connectivity index (χ0) is 22.8. The van der Waals surface area contributed by atoms with E-state index >= 15 is 0 Å². The summed E-state index contributed by atoms with van der Waals surface area (Å²) < 4.78 is 53.3. The van der Waals surface area contributed by atoms with E-state index in [9.17, 15) is 21.9 Å². The Bertz CT molecular complexity index is 1110. The summed E-state index contributed by atoms with van der Waals surface area (Å²) in [6.07, 6.45) is 0.732. The van der Waals surface area contributed by atoms with Gasteiger partial charge in [0.1, 0.15) is 9.79 Å². The molecule has 0 aliphatic carbocycles. The van der Waals surface area contributed by atoms with Gasteiger partial charge in [0, 0.05) is 31.4 Å². The smallest absolute Gasteiger partial charge is 0.242 e. The van der Waals surface area contributed by atoms with Crippen LogP contribution in [-0.2, 0) is 20.0 Å². The summed E-state index contributed by atoms with van der Waals surface area (Å²) in [6.45, 7) is 2.46. The normalized spacial score (nSPS) is 17.1. The molecule has 0 radical (unpaired) electrons. The lowest BCUT2D eigenvalue weighted by atomic mass is 10.0. The number of piperidine rings is 1. The minimum absolute atomic E-state index is 0.0245. The molecule has 0 bridgehead atoms. The Morgan fingerprint density at radius 3 is 2.52 bits per heavy atom. The molecule has 31 heavy (non-hydrogen) atoms. The highest BCUT2D eigenvalue weighted by molar-refractivity contribution is 7.92. The van der Waals surface area contributed by atoms with Crippen LogP contribution in [0.3, 0.4) is 0 Å². The minimum Gasteiger partial charge on any atom is -0.392 e.